The largest absolute Gasteiger partial charge is 0.492 e. The van der Waals surface area contributed by atoms with Crippen LogP contribution < -0.4 is 20.7 Å². The van der Waals surface area contributed by atoms with Gasteiger partial charge in [-0.15, -0.1) is 0 Å². The Balaban J connectivity index is 2.51. The third-order valence-electron chi connectivity index (χ3n) is 4.63. The Morgan fingerprint density at radius 1 is 0.842 bits per heavy atom. The molecule has 0 spiro atoms. The highest BCUT2D eigenvalue weighted by molar-refractivity contribution is 8.12. The van der Waals surface area contributed by atoms with Crippen LogP contribution in [-0.2, 0) is 24.8 Å². The van der Waals surface area contributed by atoms with Crippen molar-refractivity contribution in [2.24, 2.45) is 0 Å². The van der Waals surface area contributed by atoms with Gasteiger partial charge in [0.1, 0.15) is 29.6 Å². The van der Waals surface area contributed by atoms with Crippen molar-refractivity contribution >= 4 is 35.0 Å². The molecular formula is C27H43N3O7S. The van der Waals surface area contributed by atoms with Crippen molar-refractivity contribution in [3.05, 3.63) is 29.8 Å². The van der Waals surface area contributed by atoms with Crippen LogP contribution in [0.4, 0.5) is 9.59 Å². The summed E-state index contributed by atoms with van der Waals surface area (Å²) in [6.07, 6.45) is 0.367. The van der Waals surface area contributed by atoms with Crippen molar-refractivity contribution < 1.29 is 33.4 Å². The van der Waals surface area contributed by atoms with E-state index in [0.29, 0.717) is 37.3 Å². The number of thioether (sulfide) groups is 1. The van der Waals surface area contributed by atoms with Crippen LogP contribution in [0.2, 0.25) is 0 Å². The predicted octanol–water partition coefficient (Wildman–Crippen LogP) is 4.55. The van der Waals surface area contributed by atoms with E-state index >= 15 is 0 Å². The first-order valence-electron chi connectivity index (χ1n) is 12.7. The zero-order valence-electron chi connectivity index (χ0n) is 23.6. The smallest absolute Gasteiger partial charge is 0.408 e. The molecule has 38 heavy (non-hydrogen) atoms. The van der Waals surface area contributed by atoms with Gasteiger partial charge >= 0.3 is 12.2 Å². The number of unbranched alkanes of at least 4 members (excludes halogenated alkanes) is 1. The van der Waals surface area contributed by atoms with E-state index in [1.165, 1.54) is 18.7 Å². The SMILES string of the molecule is CC(=O)SCc1ccc(OCCNC(=O)[C@@H](CCCCNC(=O)OC(C)(C)C)NC(=O)OC(C)(C)C)cc1. The van der Waals surface area contributed by atoms with Crippen LogP contribution in [0, 0.1) is 0 Å². The number of benzene rings is 1. The maximum absolute atomic E-state index is 12.8. The second-order valence-corrected chi connectivity index (χ2v) is 11.8. The Bertz CT molecular complexity index is 909. The number of carbonyl (C=O) groups excluding carboxylic acids is 4. The lowest BCUT2D eigenvalue weighted by Gasteiger charge is -2.23. The molecule has 1 rings (SSSR count). The fourth-order valence-corrected chi connectivity index (χ4v) is 3.59. The third kappa shape index (κ3) is 16.7. The number of amides is 3. The van der Waals surface area contributed by atoms with Gasteiger partial charge in [-0.05, 0) is 78.5 Å². The Hall–Kier alpha value is -2.95. The molecule has 0 bridgehead atoms. The molecule has 0 saturated heterocycles. The monoisotopic (exact) mass is 553 g/mol. The Kier molecular flexibility index (Phi) is 14.0. The molecule has 0 radical (unpaired) electrons. The summed E-state index contributed by atoms with van der Waals surface area (Å²) >= 11 is 1.25. The fourth-order valence-electron chi connectivity index (χ4n) is 3.03. The van der Waals surface area contributed by atoms with E-state index in [9.17, 15) is 19.2 Å². The zero-order valence-corrected chi connectivity index (χ0v) is 24.4. The van der Waals surface area contributed by atoms with Gasteiger partial charge in [-0.3, -0.25) is 9.59 Å². The average molecular weight is 554 g/mol. The molecule has 0 unspecified atom stereocenters. The summed E-state index contributed by atoms with van der Waals surface area (Å²) in [5, 5.41) is 8.17. The molecule has 3 N–H and O–H groups in total. The van der Waals surface area contributed by atoms with Crippen molar-refractivity contribution in [2.75, 3.05) is 19.7 Å². The van der Waals surface area contributed by atoms with Crippen LogP contribution >= 0.6 is 11.8 Å². The number of hydrogen-bond acceptors (Lipinski definition) is 8. The molecule has 1 aromatic carbocycles. The third-order valence-corrected chi connectivity index (χ3v) is 5.51. The summed E-state index contributed by atoms with van der Waals surface area (Å²) in [5.41, 5.74) is -0.257. The summed E-state index contributed by atoms with van der Waals surface area (Å²) in [5.74, 6) is 0.905. The maximum Gasteiger partial charge on any atom is 0.408 e. The van der Waals surface area contributed by atoms with Crippen molar-refractivity contribution in [1.29, 1.82) is 0 Å². The standard InChI is InChI=1S/C27H43N3O7S/c1-19(31)38-18-20-11-13-21(14-12-20)35-17-16-28-23(32)22(30-25(34)37-27(5,6)7)10-8-9-15-29-24(33)36-26(2,3)4/h11-14,22H,8-10,15-18H2,1-7H3,(H,28,32)(H,29,33)(H,30,34)/t22-/m1/s1. The van der Waals surface area contributed by atoms with Crippen molar-refractivity contribution in [1.82, 2.24) is 16.0 Å². The number of hydrogen-bond donors (Lipinski definition) is 3. The first-order valence-corrected chi connectivity index (χ1v) is 13.7. The van der Waals surface area contributed by atoms with Gasteiger partial charge in [0, 0.05) is 19.2 Å². The number of rotatable bonds is 13. The van der Waals surface area contributed by atoms with Crippen LogP contribution in [0.1, 0.15) is 73.3 Å². The molecule has 0 aliphatic carbocycles. The Morgan fingerprint density at radius 2 is 1.45 bits per heavy atom. The van der Waals surface area contributed by atoms with E-state index < -0.39 is 29.4 Å². The highest BCUT2D eigenvalue weighted by Crippen LogP contribution is 2.17. The zero-order chi connectivity index (χ0) is 28.8. The fraction of sp³-hybridized carbons (Fsp3) is 0.630. The predicted molar refractivity (Wildman–Crippen MR) is 148 cm³/mol. The second kappa shape index (κ2) is 16.1. The van der Waals surface area contributed by atoms with Crippen LogP contribution in [0.3, 0.4) is 0 Å². The maximum atomic E-state index is 12.8. The van der Waals surface area contributed by atoms with E-state index in [-0.39, 0.29) is 24.2 Å². The first kappa shape index (κ1) is 33.1. The molecule has 1 atom stereocenters. The van der Waals surface area contributed by atoms with Gasteiger partial charge in [-0.2, -0.15) is 0 Å². The quantitative estimate of drug-likeness (QED) is 0.303. The normalized spacial score (nSPS) is 12.2. The van der Waals surface area contributed by atoms with Gasteiger partial charge < -0.3 is 30.2 Å². The molecule has 0 fully saturated rings. The summed E-state index contributed by atoms with van der Waals surface area (Å²) in [6.45, 7) is 13.0. The lowest BCUT2D eigenvalue weighted by Crippen LogP contribution is -2.48. The number of alkyl carbamates (subject to hydrolysis) is 2. The van der Waals surface area contributed by atoms with Gasteiger partial charge in [0.25, 0.3) is 0 Å². The van der Waals surface area contributed by atoms with Crippen molar-refractivity contribution in [3.63, 3.8) is 0 Å². The molecule has 0 aliphatic heterocycles. The minimum atomic E-state index is -0.801. The molecular weight excluding hydrogens is 510 g/mol. The Morgan fingerprint density at radius 3 is 2.03 bits per heavy atom. The van der Waals surface area contributed by atoms with Gasteiger partial charge in [-0.1, -0.05) is 23.9 Å². The molecule has 10 nitrogen and oxygen atoms in total. The second-order valence-electron chi connectivity index (χ2n) is 10.7. The molecule has 0 heterocycles. The number of ether oxygens (including phenoxy) is 3. The first-order chi connectivity index (χ1) is 17.6. The topological polar surface area (TPSA) is 132 Å². The van der Waals surface area contributed by atoms with E-state index in [0.717, 1.165) is 5.56 Å². The van der Waals surface area contributed by atoms with E-state index in [4.69, 9.17) is 14.2 Å². The highest BCUT2D eigenvalue weighted by atomic mass is 32.2. The molecule has 214 valence electrons. The van der Waals surface area contributed by atoms with E-state index in [2.05, 4.69) is 16.0 Å². The Labute approximate surface area is 230 Å². The van der Waals surface area contributed by atoms with Crippen LogP contribution in [0.15, 0.2) is 24.3 Å². The highest BCUT2D eigenvalue weighted by Gasteiger charge is 2.24. The lowest BCUT2D eigenvalue weighted by molar-refractivity contribution is -0.123. The molecule has 11 heteroatoms. The molecule has 0 saturated carbocycles. The van der Waals surface area contributed by atoms with Gasteiger partial charge in [0.2, 0.25) is 5.91 Å². The number of carbonyl (C=O) groups is 4. The molecule has 1 aromatic rings. The summed E-state index contributed by atoms with van der Waals surface area (Å²) in [4.78, 5) is 47.9. The summed E-state index contributed by atoms with van der Waals surface area (Å²) < 4.78 is 16.2. The molecule has 3 amide bonds. The average Bonchev–Trinajstić information content (AvgIpc) is 2.77. The van der Waals surface area contributed by atoms with Crippen LogP contribution in [-0.4, -0.2) is 60.1 Å². The molecule has 0 aliphatic rings. The van der Waals surface area contributed by atoms with Crippen LogP contribution in [0.5, 0.6) is 5.75 Å². The van der Waals surface area contributed by atoms with Crippen LogP contribution in [0.25, 0.3) is 0 Å². The summed E-state index contributed by atoms with van der Waals surface area (Å²) in [7, 11) is 0. The van der Waals surface area contributed by atoms with Gasteiger partial charge in [0.05, 0.1) is 6.54 Å². The minimum absolute atomic E-state index is 0.0676. The van der Waals surface area contributed by atoms with Crippen molar-refractivity contribution in [3.8, 4) is 5.75 Å². The summed E-state index contributed by atoms with van der Waals surface area (Å²) in [6, 6.07) is 6.61. The molecule has 0 aromatic heterocycles. The van der Waals surface area contributed by atoms with Crippen molar-refractivity contribution in [2.45, 2.75) is 90.7 Å². The van der Waals surface area contributed by atoms with E-state index in [1.54, 1.807) is 41.5 Å². The lowest BCUT2D eigenvalue weighted by atomic mass is 10.1. The van der Waals surface area contributed by atoms with Gasteiger partial charge in [0.15, 0.2) is 5.12 Å². The minimum Gasteiger partial charge on any atom is -0.492 e. The van der Waals surface area contributed by atoms with Gasteiger partial charge in [-0.25, -0.2) is 9.59 Å². The number of nitrogens with one attached hydrogen (secondary N) is 3. The van der Waals surface area contributed by atoms with E-state index in [1.807, 2.05) is 24.3 Å².